The number of nitro groups is 1. The molecule has 0 fully saturated rings. The van der Waals surface area contributed by atoms with Gasteiger partial charge in [-0.15, -0.1) is 0 Å². The number of nitro benzene ring substituents is 1. The molecule has 0 saturated carbocycles. The first-order valence-electron chi connectivity index (χ1n) is 9.26. The average Bonchev–Trinajstić information content (AvgIpc) is 2.72. The number of aliphatic imine (C=N–C) groups is 1. The number of amidine groups is 1. The summed E-state index contributed by atoms with van der Waals surface area (Å²) in [6.07, 6.45) is 3.89. The second-order valence-corrected chi connectivity index (χ2v) is 6.59. The third-order valence-corrected chi connectivity index (χ3v) is 4.75. The van der Waals surface area contributed by atoms with Gasteiger partial charge in [-0.25, -0.2) is 0 Å². The van der Waals surface area contributed by atoms with Gasteiger partial charge in [0.15, 0.2) is 5.78 Å². The lowest BCUT2D eigenvalue weighted by Crippen LogP contribution is -2.37. The smallest absolute Gasteiger partial charge is 0.270 e. The largest absolute Gasteiger partial charge is 0.322 e. The van der Waals surface area contributed by atoms with Crippen molar-refractivity contribution in [2.24, 2.45) is 4.99 Å². The van der Waals surface area contributed by atoms with E-state index in [1.807, 2.05) is 17.0 Å². The van der Waals surface area contributed by atoms with Crippen LogP contribution in [0.15, 0.2) is 53.5 Å². The first-order valence-corrected chi connectivity index (χ1v) is 9.26. The highest BCUT2D eigenvalue weighted by Gasteiger charge is 2.21. The Kier molecular flexibility index (Phi) is 5.96. The van der Waals surface area contributed by atoms with Crippen molar-refractivity contribution >= 4 is 23.0 Å². The number of aryl methyl sites for hydroxylation is 1. The Labute approximate surface area is 158 Å². The number of anilines is 1. The van der Waals surface area contributed by atoms with Crippen LogP contribution in [0.4, 0.5) is 11.4 Å². The molecule has 3 rings (SSSR count). The second kappa shape index (κ2) is 8.58. The third-order valence-electron chi connectivity index (χ3n) is 4.75. The van der Waals surface area contributed by atoms with Gasteiger partial charge in [0.25, 0.3) is 5.69 Å². The summed E-state index contributed by atoms with van der Waals surface area (Å²) >= 11 is 0. The Bertz CT molecular complexity index is 859. The summed E-state index contributed by atoms with van der Waals surface area (Å²) in [5.41, 5.74) is 2.42. The molecule has 27 heavy (non-hydrogen) atoms. The molecule has 0 atom stereocenters. The maximum Gasteiger partial charge on any atom is 0.270 e. The fraction of sp³-hybridized carbons (Fsp3) is 0.333. The molecule has 0 N–H and O–H groups in total. The normalized spacial score (nSPS) is 13.7. The number of non-ortho nitro benzene ring substituents is 1. The van der Waals surface area contributed by atoms with E-state index in [0.29, 0.717) is 5.56 Å². The maximum absolute atomic E-state index is 12.8. The van der Waals surface area contributed by atoms with Crippen LogP contribution in [0.3, 0.4) is 0 Å². The van der Waals surface area contributed by atoms with E-state index < -0.39 is 4.92 Å². The van der Waals surface area contributed by atoms with Crippen LogP contribution in [0, 0.1) is 10.1 Å². The predicted molar refractivity (Wildman–Crippen MR) is 107 cm³/mol. The summed E-state index contributed by atoms with van der Waals surface area (Å²) in [5, 5.41) is 11.0. The Morgan fingerprint density at radius 1 is 1.19 bits per heavy atom. The quantitative estimate of drug-likeness (QED) is 0.431. The minimum Gasteiger partial charge on any atom is -0.322 e. The zero-order valence-electron chi connectivity index (χ0n) is 15.4. The Morgan fingerprint density at radius 2 is 1.96 bits per heavy atom. The fourth-order valence-corrected chi connectivity index (χ4v) is 3.17. The lowest BCUT2D eigenvalue weighted by Gasteiger charge is -2.28. The molecule has 6 nitrogen and oxygen atoms in total. The van der Waals surface area contributed by atoms with Gasteiger partial charge in [0.05, 0.1) is 11.5 Å². The molecule has 0 aromatic heterocycles. The van der Waals surface area contributed by atoms with E-state index in [0.717, 1.165) is 43.8 Å². The molecule has 1 aliphatic rings. The number of carbonyl (C=O) groups excluding carboxylic acids is 1. The Hall–Kier alpha value is -3.02. The molecule has 0 aliphatic carbocycles. The van der Waals surface area contributed by atoms with Crippen LogP contribution in [0.5, 0.6) is 0 Å². The summed E-state index contributed by atoms with van der Waals surface area (Å²) in [5.74, 6) is 0.746. The molecule has 1 aliphatic heterocycles. The van der Waals surface area contributed by atoms with Crippen molar-refractivity contribution in [3.8, 4) is 0 Å². The van der Waals surface area contributed by atoms with Gasteiger partial charge in [-0.1, -0.05) is 31.2 Å². The molecule has 6 heteroatoms. The van der Waals surface area contributed by atoms with Crippen molar-refractivity contribution in [1.29, 1.82) is 0 Å². The monoisotopic (exact) mass is 365 g/mol. The molecular formula is C21H23N3O3. The number of Topliss-reactive ketones (excluding diaryl/α,β-unsaturated/α-hetero) is 1. The first-order chi connectivity index (χ1) is 13.1. The molecule has 0 bridgehead atoms. The molecular weight excluding hydrogens is 342 g/mol. The molecule has 0 radical (unpaired) electrons. The molecule has 2 aromatic carbocycles. The number of rotatable bonds is 6. The second-order valence-electron chi connectivity index (χ2n) is 6.59. The number of nitrogens with zero attached hydrogens (tertiary/aromatic N) is 3. The maximum atomic E-state index is 12.8. The molecule has 1 heterocycles. The lowest BCUT2D eigenvalue weighted by molar-refractivity contribution is -0.384. The molecule has 0 amide bonds. The lowest BCUT2D eigenvalue weighted by atomic mass is 10.1. The number of carbonyl (C=O) groups is 1. The number of hydrogen-bond donors (Lipinski definition) is 0. The minimum atomic E-state index is -0.483. The van der Waals surface area contributed by atoms with Gasteiger partial charge in [-0.05, 0) is 37.0 Å². The summed E-state index contributed by atoms with van der Waals surface area (Å²) in [4.78, 5) is 29.9. The van der Waals surface area contributed by atoms with Crippen LogP contribution >= 0.6 is 0 Å². The zero-order valence-corrected chi connectivity index (χ0v) is 15.4. The van der Waals surface area contributed by atoms with Crippen LogP contribution in [0.2, 0.25) is 0 Å². The van der Waals surface area contributed by atoms with Gasteiger partial charge in [-0.3, -0.25) is 19.9 Å². The van der Waals surface area contributed by atoms with Crippen molar-refractivity contribution < 1.29 is 9.72 Å². The minimum absolute atomic E-state index is 0.0743. The third kappa shape index (κ3) is 4.58. The summed E-state index contributed by atoms with van der Waals surface area (Å²) in [6.45, 7) is 2.99. The van der Waals surface area contributed by atoms with E-state index in [2.05, 4.69) is 24.0 Å². The van der Waals surface area contributed by atoms with Crippen molar-refractivity contribution in [1.82, 2.24) is 0 Å². The molecule has 2 aromatic rings. The first kappa shape index (κ1) is 18.8. The van der Waals surface area contributed by atoms with E-state index in [-0.39, 0.29) is 18.0 Å². The number of benzene rings is 2. The van der Waals surface area contributed by atoms with Gasteiger partial charge >= 0.3 is 0 Å². The van der Waals surface area contributed by atoms with E-state index >= 15 is 0 Å². The van der Waals surface area contributed by atoms with Crippen LogP contribution in [0.25, 0.3) is 0 Å². The highest BCUT2D eigenvalue weighted by molar-refractivity contribution is 6.07. The van der Waals surface area contributed by atoms with E-state index in [9.17, 15) is 14.9 Å². The molecule has 0 spiro atoms. The summed E-state index contributed by atoms with van der Waals surface area (Å²) in [6, 6.07) is 14.0. The number of ketones is 1. The summed E-state index contributed by atoms with van der Waals surface area (Å²) in [7, 11) is 0. The van der Waals surface area contributed by atoms with Crippen LogP contribution in [-0.4, -0.2) is 29.6 Å². The van der Waals surface area contributed by atoms with Gasteiger partial charge in [0.1, 0.15) is 5.84 Å². The van der Waals surface area contributed by atoms with Crippen molar-refractivity contribution in [3.05, 3.63) is 69.8 Å². The average molecular weight is 365 g/mol. The number of hydrogen-bond acceptors (Lipinski definition) is 5. The standard InChI is InChI=1S/C21H23N3O3/c1-2-16-9-11-18(12-10-16)23(21-8-3-4-13-22-21)15-20(25)17-6-5-7-19(14-17)24(26)27/h5-7,9-12,14H,2-4,8,13,15H2,1H3. The van der Waals surface area contributed by atoms with E-state index in [1.165, 1.54) is 17.7 Å². The van der Waals surface area contributed by atoms with Crippen LogP contribution in [-0.2, 0) is 6.42 Å². The highest BCUT2D eigenvalue weighted by Crippen LogP contribution is 2.22. The van der Waals surface area contributed by atoms with Crippen LogP contribution < -0.4 is 4.90 Å². The zero-order chi connectivity index (χ0) is 19.2. The van der Waals surface area contributed by atoms with Crippen molar-refractivity contribution in [2.75, 3.05) is 18.0 Å². The van der Waals surface area contributed by atoms with Gasteiger partial charge in [0.2, 0.25) is 0 Å². The van der Waals surface area contributed by atoms with Crippen LogP contribution in [0.1, 0.15) is 42.1 Å². The predicted octanol–water partition coefficient (Wildman–Crippen LogP) is 4.43. The SMILES string of the molecule is CCc1ccc(N(CC(=O)c2cccc([N+](=O)[O-])c2)C2=NCCCC2)cc1. The Morgan fingerprint density at radius 3 is 2.59 bits per heavy atom. The van der Waals surface area contributed by atoms with Gasteiger partial charge < -0.3 is 4.90 Å². The van der Waals surface area contributed by atoms with Crippen molar-refractivity contribution in [3.63, 3.8) is 0 Å². The van der Waals surface area contributed by atoms with Gasteiger partial charge in [-0.2, -0.15) is 0 Å². The van der Waals surface area contributed by atoms with Gasteiger partial charge in [0, 0.05) is 36.3 Å². The molecule has 0 saturated heterocycles. The Balaban J connectivity index is 1.88. The topological polar surface area (TPSA) is 75.8 Å². The van der Waals surface area contributed by atoms with E-state index in [1.54, 1.807) is 12.1 Å². The molecule has 0 unspecified atom stereocenters. The van der Waals surface area contributed by atoms with Crippen molar-refractivity contribution in [2.45, 2.75) is 32.6 Å². The fourth-order valence-electron chi connectivity index (χ4n) is 3.17. The molecule has 140 valence electrons. The highest BCUT2D eigenvalue weighted by atomic mass is 16.6. The summed E-state index contributed by atoms with van der Waals surface area (Å²) < 4.78 is 0. The van der Waals surface area contributed by atoms with E-state index in [4.69, 9.17) is 0 Å².